The van der Waals surface area contributed by atoms with Crippen LogP contribution in [-0.4, -0.2) is 16.3 Å². The molecule has 0 saturated heterocycles. The number of aryl methyl sites for hydroxylation is 2. The van der Waals surface area contributed by atoms with Gasteiger partial charge in [-0.25, -0.2) is 0 Å². The van der Waals surface area contributed by atoms with Crippen molar-refractivity contribution in [3.8, 4) is 0 Å². The molecule has 1 aromatic rings. The van der Waals surface area contributed by atoms with E-state index in [9.17, 15) is 8.78 Å². The topological polar surface area (TPSA) is 43.8 Å². The summed E-state index contributed by atoms with van der Waals surface area (Å²) in [6.07, 6.45) is 1.21. The Hall–Kier alpha value is -0.970. The lowest BCUT2D eigenvalue weighted by Crippen LogP contribution is -2.20. The van der Waals surface area contributed by atoms with Crippen molar-refractivity contribution in [3.63, 3.8) is 0 Å². The van der Waals surface area contributed by atoms with Crippen molar-refractivity contribution in [1.82, 2.24) is 9.78 Å². The molecule has 0 aliphatic heterocycles. The molecule has 3 nitrogen and oxygen atoms in total. The maximum atomic E-state index is 13.3. The lowest BCUT2D eigenvalue weighted by atomic mass is 10.1. The molecule has 0 bridgehead atoms. The molecule has 0 atom stereocenters. The van der Waals surface area contributed by atoms with Crippen LogP contribution in [0.5, 0.6) is 0 Å². The standard InChI is InChI=1S/C8H13F2N3/c1-6-5-13(2)12-7(6)8(9,10)3-4-11/h5H,3-4,11H2,1-2H3. The van der Waals surface area contributed by atoms with Crippen molar-refractivity contribution in [2.45, 2.75) is 19.3 Å². The second kappa shape index (κ2) is 3.41. The largest absolute Gasteiger partial charge is 0.330 e. The van der Waals surface area contributed by atoms with Crippen molar-refractivity contribution in [3.05, 3.63) is 17.5 Å². The van der Waals surface area contributed by atoms with Gasteiger partial charge in [0.15, 0.2) is 0 Å². The van der Waals surface area contributed by atoms with E-state index in [0.717, 1.165) is 0 Å². The lowest BCUT2D eigenvalue weighted by molar-refractivity contribution is -0.0162. The predicted octanol–water partition coefficient (Wildman–Crippen LogP) is 1.17. The molecule has 0 unspecified atom stereocenters. The Bertz CT molecular complexity index is 294. The van der Waals surface area contributed by atoms with E-state index in [1.54, 1.807) is 20.2 Å². The van der Waals surface area contributed by atoms with Gasteiger partial charge in [0, 0.05) is 19.7 Å². The van der Waals surface area contributed by atoms with Crippen molar-refractivity contribution >= 4 is 0 Å². The van der Waals surface area contributed by atoms with Gasteiger partial charge in [0.1, 0.15) is 5.69 Å². The lowest BCUT2D eigenvalue weighted by Gasteiger charge is -2.12. The van der Waals surface area contributed by atoms with Crippen LogP contribution < -0.4 is 5.73 Å². The average Bonchev–Trinajstić information content (AvgIpc) is 2.30. The highest BCUT2D eigenvalue weighted by atomic mass is 19.3. The van der Waals surface area contributed by atoms with Gasteiger partial charge in [-0.3, -0.25) is 4.68 Å². The van der Waals surface area contributed by atoms with Crippen LogP contribution >= 0.6 is 0 Å². The molecular formula is C8H13F2N3. The maximum absolute atomic E-state index is 13.3. The van der Waals surface area contributed by atoms with Crippen molar-refractivity contribution in [1.29, 1.82) is 0 Å². The van der Waals surface area contributed by atoms with E-state index in [1.807, 2.05) is 0 Å². The van der Waals surface area contributed by atoms with E-state index in [4.69, 9.17) is 5.73 Å². The third-order valence-corrected chi connectivity index (χ3v) is 1.82. The molecule has 0 amide bonds. The average molecular weight is 189 g/mol. The SMILES string of the molecule is Cc1cn(C)nc1C(F)(F)CCN. The summed E-state index contributed by atoms with van der Waals surface area (Å²) in [5, 5.41) is 3.71. The van der Waals surface area contributed by atoms with Crippen LogP contribution in [0.25, 0.3) is 0 Å². The van der Waals surface area contributed by atoms with Crippen LogP contribution in [0.15, 0.2) is 6.20 Å². The number of alkyl halides is 2. The normalized spacial score (nSPS) is 12.1. The van der Waals surface area contributed by atoms with E-state index in [0.29, 0.717) is 5.56 Å². The molecule has 0 aliphatic carbocycles. The molecule has 0 spiro atoms. The van der Waals surface area contributed by atoms with Crippen LogP contribution in [0.2, 0.25) is 0 Å². The van der Waals surface area contributed by atoms with Crippen molar-refractivity contribution < 1.29 is 8.78 Å². The predicted molar refractivity (Wildman–Crippen MR) is 45.5 cm³/mol. The number of nitrogens with two attached hydrogens (primary N) is 1. The fraction of sp³-hybridized carbons (Fsp3) is 0.625. The minimum absolute atomic E-state index is 0.0387. The molecule has 2 N–H and O–H groups in total. The van der Waals surface area contributed by atoms with Gasteiger partial charge in [-0.15, -0.1) is 0 Å². The second-order valence-corrected chi connectivity index (χ2v) is 3.08. The zero-order chi connectivity index (χ0) is 10.1. The van der Waals surface area contributed by atoms with Gasteiger partial charge in [0.05, 0.1) is 0 Å². The Morgan fingerprint density at radius 2 is 2.23 bits per heavy atom. The third kappa shape index (κ3) is 2.03. The van der Waals surface area contributed by atoms with Gasteiger partial charge in [-0.05, 0) is 19.0 Å². The molecule has 1 aromatic heterocycles. The first-order chi connectivity index (χ1) is 5.97. The molecule has 1 rings (SSSR count). The fourth-order valence-electron chi connectivity index (χ4n) is 1.27. The summed E-state index contributed by atoms with van der Waals surface area (Å²) in [5.41, 5.74) is 5.43. The van der Waals surface area contributed by atoms with Crippen LogP contribution in [-0.2, 0) is 13.0 Å². The first-order valence-corrected chi connectivity index (χ1v) is 4.06. The number of rotatable bonds is 3. The second-order valence-electron chi connectivity index (χ2n) is 3.08. The molecule has 13 heavy (non-hydrogen) atoms. The van der Waals surface area contributed by atoms with E-state index < -0.39 is 5.92 Å². The molecule has 0 aliphatic rings. The Balaban J connectivity index is 2.98. The first-order valence-electron chi connectivity index (χ1n) is 4.06. The number of hydrogen-bond donors (Lipinski definition) is 1. The zero-order valence-electron chi connectivity index (χ0n) is 7.72. The summed E-state index contributed by atoms with van der Waals surface area (Å²) in [4.78, 5) is 0. The first kappa shape index (κ1) is 10.1. The molecule has 0 fully saturated rings. The molecule has 0 aromatic carbocycles. The Kier molecular flexibility index (Phi) is 2.66. The molecule has 0 radical (unpaired) electrons. The summed E-state index contributed by atoms with van der Waals surface area (Å²) < 4.78 is 27.9. The van der Waals surface area contributed by atoms with E-state index in [-0.39, 0.29) is 18.7 Å². The Labute approximate surface area is 75.5 Å². The summed E-state index contributed by atoms with van der Waals surface area (Å²) in [6.45, 7) is 1.58. The quantitative estimate of drug-likeness (QED) is 0.775. The smallest absolute Gasteiger partial charge is 0.292 e. The monoisotopic (exact) mass is 189 g/mol. The highest BCUT2D eigenvalue weighted by Gasteiger charge is 2.34. The Morgan fingerprint density at radius 1 is 1.62 bits per heavy atom. The van der Waals surface area contributed by atoms with Gasteiger partial charge in [-0.2, -0.15) is 13.9 Å². The van der Waals surface area contributed by atoms with Gasteiger partial charge < -0.3 is 5.73 Å². The van der Waals surface area contributed by atoms with Crippen LogP contribution in [0, 0.1) is 6.92 Å². The zero-order valence-corrected chi connectivity index (χ0v) is 7.72. The van der Waals surface area contributed by atoms with Crippen LogP contribution in [0.4, 0.5) is 8.78 Å². The molecule has 1 heterocycles. The molecule has 74 valence electrons. The highest BCUT2D eigenvalue weighted by molar-refractivity contribution is 5.19. The number of halogens is 2. The minimum Gasteiger partial charge on any atom is -0.330 e. The van der Waals surface area contributed by atoms with Crippen molar-refractivity contribution in [2.75, 3.05) is 6.54 Å². The summed E-state index contributed by atoms with van der Waals surface area (Å²) >= 11 is 0. The van der Waals surface area contributed by atoms with E-state index >= 15 is 0 Å². The molecule has 0 saturated carbocycles. The van der Waals surface area contributed by atoms with Gasteiger partial charge in [0.2, 0.25) is 0 Å². The van der Waals surface area contributed by atoms with Crippen molar-refractivity contribution in [2.24, 2.45) is 12.8 Å². The molecule has 5 heteroatoms. The minimum atomic E-state index is -2.90. The molecular weight excluding hydrogens is 176 g/mol. The number of aromatic nitrogens is 2. The van der Waals surface area contributed by atoms with E-state index in [2.05, 4.69) is 5.10 Å². The van der Waals surface area contributed by atoms with Crippen LogP contribution in [0.3, 0.4) is 0 Å². The summed E-state index contributed by atoms with van der Waals surface area (Å²) in [7, 11) is 1.62. The highest BCUT2D eigenvalue weighted by Crippen LogP contribution is 2.31. The maximum Gasteiger partial charge on any atom is 0.292 e. The van der Waals surface area contributed by atoms with Gasteiger partial charge >= 0.3 is 0 Å². The van der Waals surface area contributed by atoms with Gasteiger partial charge in [0.25, 0.3) is 5.92 Å². The summed E-state index contributed by atoms with van der Waals surface area (Å²) in [6, 6.07) is 0. The summed E-state index contributed by atoms with van der Waals surface area (Å²) in [5.74, 6) is -2.90. The Morgan fingerprint density at radius 3 is 2.62 bits per heavy atom. The number of hydrogen-bond acceptors (Lipinski definition) is 2. The van der Waals surface area contributed by atoms with E-state index in [1.165, 1.54) is 4.68 Å². The third-order valence-electron chi connectivity index (χ3n) is 1.82. The van der Waals surface area contributed by atoms with Crippen LogP contribution in [0.1, 0.15) is 17.7 Å². The fourth-order valence-corrected chi connectivity index (χ4v) is 1.27. The number of nitrogens with zero attached hydrogens (tertiary/aromatic N) is 2. The van der Waals surface area contributed by atoms with Gasteiger partial charge in [-0.1, -0.05) is 0 Å².